The van der Waals surface area contributed by atoms with Gasteiger partial charge in [0.05, 0.1) is 10.9 Å². The van der Waals surface area contributed by atoms with Gasteiger partial charge >= 0.3 is 0 Å². The molecule has 10 rings (SSSR count). The largest absolute Gasteiger partial charge is 0.369 e. The fourth-order valence-corrected chi connectivity index (χ4v) is 9.76. The normalized spacial score (nSPS) is 12.5. The van der Waals surface area contributed by atoms with Gasteiger partial charge in [-0.3, -0.25) is 0 Å². The SMILES string of the molecule is C/C=C(\C=C/c1c(NC(S)c2ccc(CCCC)cc2-c2ccccc2)cc2ccccc2c1-c1cccc2c1[nH]c1ccc3ccccc3c12)N(c1ccccc1)c1ccccc1. The Hall–Kier alpha value is -7.27. The first-order chi connectivity index (χ1) is 31.6. The van der Waals surface area contributed by atoms with Gasteiger partial charge in [-0.25, -0.2) is 0 Å². The summed E-state index contributed by atoms with van der Waals surface area (Å²) in [6.45, 7) is 4.37. The Morgan fingerprint density at radius 3 is 2.02 bits per heavy atom. The zero-order chi connectivity index (χ0) is 43.4. The summed E-state index contributed by atoms with van der Waals surface area (Å²) in [6.07, 6.45) is 10.1. The predicted molar refractivity (Wildman–Crippen MR) is 280 cm³/mol. The molecule has 1 heterocycles. The summed E-state index contributed by atoms with van der Waals surface area (Å²) in [5.74, 6) is 0. The first-order valence-electron chi connectivity index (χ1n) is 22.5. The zero-order valence-electron chi connectivity index (χ0n) is 36.3. The number of hydrogen-bond donors (Lipinski definition) is 3. The molecule has 312 valence electrons. The lowest BCUT2D eigenvalue weighted by molar-refractivity contribution is 0.795. The molecule has 0 spiro atoms. The third-order valence-corrected chi connectivity index (χ3v) is 12.9. The van der Waals surface area contributed by atoms with Crippen molar-refractivity contribution in [2.75, 3.05) is 10.2 Å². The molecule has 0 aliphatic carbocycles. The Bertz CT molecular complexity index is 3270. The van der Waals surface area contributed by atoms with Gasteiger partial charge in [-0.05, 0) is 106 Å². The number of fused-ring (bicyclic) bond motifs is 6. The molecule has 1 aromatic heterocycles. The van der Waals surface area contributed by atoms with Gasteiger partial charge in [-0.1, -0.05) is 183 Å². The van der Waals surface area contributed by atoms with Crippen molar-refractivity contribution in [2.45, 2.75) is 38.5 Å². The lowest BCUT2D eigenvalue weighted by atomic mass is 9.89. The number of unbranched alkanes of at least 4 members (excludes halogenated alkanes) is 1. The minimum absolute atomic E-state index is 0.321. The maximum Gasteiger partial charge on any atom is 0.0957 e. The van der Waals surface area contributed by atoms with Crippen molar-refractivity contribution >= 4 is 79.1 Å². The lowest BCUT2D eigenvalue weighted by Crippen LogP contribution is -2.15. The second-order valence-corrected chi connectivity index (χ2v) is 17.0. The van der Waals surface area contributed by atoms with E-state index >= 15 is 0 Å². The molecule has 0 fully saturated rings. The molecule has 0 bridgehead atoms. The molecule has 0 radical (unpaired) electrons. The molecule has 0 aliphatic rings. The van der Waals surface area contributed by atoms with E-state index in [2.05, 4.69) is 241 Å². The fraction of sp³-hybridized carbons (Fsp3) is 0.100. The van der Waals surface area contributed by atoms with Crippen LogP contribution < -0.4 is 10.2 Å². The number of rotatable bonds is 13. The second-order valence-electron chi connectivity index (χ2n) is 16.5. The van der Waals surface area contributed by atoms with Gasteiger partial charge in [-0.15, -0.1) is 12.6 Å². The molecular formula is C60H51N3S. The lowest BCUT2D eigenvalue weighted by Gasteiger charge is -2.27. The smallest absolute Gasteiger partial charge is 0.0957 e. The number of benzene rings is 9. The number of anilines is 3. The number of aromatic amines is 1. The molecule has 1 atom stereocenters. The van der Waals surface area contributed by atoms with Gasteiger partial charge in [0.15, 0.2) is 0 Å². The summed E-state index contributed by atoms with van der Waals surface area (Å²) < 4.78 is 0. The Kier molecular flexibility index (Phi) is 11.6. The highest BCUT2D eigenvalue weighted by atomic mass is 32.1. The van der Waals surface area contributed by atoms with Gasteiger partial charge in [0.1, 0.15) is 0 Å². The van der Waals surface area contributed by atoms with Crippen LogP contribution in [0.2, 0.25) is 0 Å². The second kappa shape index (κ2) is 18.2. The van der Waals surface area contributed by atoms with E-state index < -0.39 is 0 Å². The summed E-state index contributed by atoms with van der Waals surface area (Å²) in [5, 5.41) is 10.9. The number of allylic oxidation sites excluding steroid dienone is 2. The van der Waals surface area contributed by atoms with E-state index in [1.54, 1.807) is 0 Å². The average molecular weight is 846 g/mol. The number of thiol groups is 1. The number of nitrogens with one attached hydrogen (secondary N) is 2. The molecular weight excluding hydrogens is 795 g/mol. The van der Waals surface area contributed by atoms with Crippen molar-refractivity contribution in [3.8, 4) is 22.3 Å². The molecule has 10 aromatic rings. The number of aryl methyl sites for hydroxylation is 1. The van der Waals surface area contributed by atoms with Crippen molar-refractivity contribution in [2.24, 2.45) is 0 Å². The fourth-order valence-electron chi connectivity index (χ4n) is 9.39. The number of nitrogens with zero attached hydrogens (tertiary/aromatic N) is 1. The van der Waals surface area contributed by atoms with Gasteiger partial charge < -0.3 is 15.2 Å². The molecule has 3 nitrogen and oxygen atoms in total. The molecule has 0 saturated carbocycles. The van der Waals surface area contributed by atoms with E-state index in [0.717, 1.165) is 80.7 Å². The minimum Gasteiger partial charge on any atom is -0.369 e. The third-order valence-electron chi connectivity index (χ3n) is 12.5. The van der Waals surface area contributed by atoms with Crippen molar-refractivity contribution in [3.05, 3.63) is 229 Å². The van der Waals surface area contributed by atoms with Crippen molar-refractivity contribution in [3.63, 3.8) is 0 Å². The highest BCUT2D eigenvalue weighted by Gasteiger charge is 2.22. The molecule has 2 N–H and O–H groups in total. The Balaban J connectivity index is 1.20. The molecule has 1 unspecified atom stereocenters. The number of aromatic nitrogens is 1. The van der Waals surface area contributed by atoms with Crippen LogP contribution in [0.4, 0.5) is 17.1 Å². The molecule has 0 amide bonds. The average Bonchev–Trinajstić information content (AvgIpc) is 3.75. The van der Waals surface area contributed by atoms with Crippen LogP contribution in [0.3, 0.4) is 0 Å². The minimum atomic E-state index is -0.321. The van der Waals surface area contributed by atoms with Gasteiger partial charge in [0.2, 0.25) is 0 Å². The molecule has 0 aliphatic heterocycles. The van der Waals surface area contributed by atoms with Crippen molar-refractivity contribution in [1.82, 2.24) is 4.98 Å². The van der Waals surface area contributed by atoms with Gasteiger partial charge in [0.25, 0.3) is 0 Å². The van der Waals surface area contributed by atoms with E-state index in [9.17, 15) is 0 Å². The van der Waals surface area contributed by atoms with E-state index in [-0.39, 0.29) is 5.37 Å². The van der Waals surface area contributed by atoms with Crippen LogP contribution in [-0.4, -0.2) is 4.98 Å². The third kappa shape index (κ3) is 7.87. The maximum atomic E-state index is 5.44. The zero-order valence-corrected chi connectivity index (χ0v) is 37.2. The molecule has 0 saturated heterocycles. The summed E-state index contributed by atoms with van der Waals surface area (Å²) in [5.41, 5.74) is 14.7. The molecule has 4 heteroatoms. The summed E-state index contributed by atoms with van der Waals surface area (Å²) in [4.78, 5) is 6.24. The topological polar surface area (TPSA) is 31.1 Å². The van der Waals surface area contributed by atoms with Gasteiger partial charge in [-0.2, -0.15) is 0 Å². The number of H-pyrrole nitrogens is 1. The Morgan fingerprint density at radius 1 is 0.641 bits per heavy atom. The standard InChI is InChI=1S/C60H51N3S/c1-3-5-20-41-33-36-50(54(39-41)42-21-9-6-10-22-42)60(64)62-56-40-44-24-16-18-30-49(44)57(52-31-19-32-53-58-48-29-17-15-23-43(48)34-38-55(58)61-59(52)53)51(56)37-35-45(4-2)63(46-25-11-7-12-26-46)47-27-13-8-14-28-47/h4,6-19,21-40,60-62,64H,3,5,20H2,1-2H3/b37-35-,45-4+. The number of hydrogen-bond acceptors (Lipinski definition) is 3. The van der Waals surface area contributed by atoms with Crippen LogP contribution in [0.25, 0.3) is 71.7 Å². The van der Waals surface area contributed by atoms with E-state index in [4.69, 9.17) is 12.6 Å². The van der Waals surface area contributed by atoms with E-state index in [1.165, 1.54) is 43.6 Å². The summed E-state index contributed by atoms with van der Waals surface area (Å²) in [6, 6.07) is 69.9. The monoisotopic (exact) mass is 845 g/mol. The van der Waals surface area contributed by atoms with Crippen LogP contribution in [0.5, 0.6) is 0 Å². The Morgan fingerprint density at radius 2 is 1.30 bits per heavy atom. The quantitative estimate of drug-likeness (QED) is 0.0613. The van der Waals surface area contributed by atoms with E-state index in [1.807, 2.05) is 0 Å². The Labute approximate surface area is 381 Å². The van der Waals surface area contributed by atoms with Gasteiger partial charge in [0, 0.05) is 55.7 Å². The first-order valence-corrected chi connectivity index (χ1v) is 23.0. The first kappa shape index (κ1) is 40.8. The maximum absolute atomic E-state index is 5.44. The highest BCUT2D eigenvalue weighted by Crippen LogP contribution is 2.45. The summed E-state index contributed by atoms with van der Waals surface area (Å²) in [7, 11) is 0. The van der Waals surface area contributed by atoms with Crippen molar-refractivity contribution < 1.29 is 0 Å². The van der Waals surface area contributed by atoms with E-state index in [0.29, 0.717) is 0 Å². The predicted octanol–water partition coefficient (Wildman–Crippen LogP) is 17.1. The molecule has 9 aromatic carbocycles. The van der Waals surface area contributed by atoms with Crippen LogP contribution in [0, 0.1) is 0 Å². The number of para-hydroxylation sites is 3. The van der Waals surface area contributed by atoms with Crippen LogP contribution >= 0.6 is 12.6 Å². The van der Waals surface area contributed by atoms with Crippen LogP contribution in [0.15, 0.2) is 212 Å². The molecule has 64 heavy (non-hydrogen) atoms. The van der Waals surface area contributed by atoms with Crippen molar-refractivity contribution in [1.29, 1.82) is 0 Å². The van der Waals surface area contributed by atoms with Crippen LogP contribution in [0.1, 0.15) is 48.8 Å². The summed E-state index contributed by atoms with van der Waals surface area (Å²) >= 11 is 5.44. The highest BCUT2D eigenvalue weighted by molar-refractivity contribution is 7.80. The van der Waals surface area contributed by atoms with Crippen LogP contribution in [-0.2, 0) is 6.42 Å².